The quantitative estimate of drug-likeness (QED) is 0.627. The second-order valence-corrected chi connectivity index (χ2v) is 5.72. The Bertz CT molecular complexity index is 491. The second kappa shape index (κ2) is 9.97. The highest BCUT2D eigenvalue weighted by Crippen LogP contribution is 2.07. The van der Waals surface area contributed by atoms with E-state index >= 15 is 0 Å². The van der Waals surface area contributed by atoms with E-state index in [9.17, 15) is 9.59 Å². The van der Waals surface area contributed by atoms with Crippen molar-refractivity contribution in [3.05, 3.63) is 35.9 Å². The van der Waals surface area contributed by atoms with Crippen LogP contribution >= 0.6 is 0 Å². The number of nitrogens with one attached hydrogen (secondary N) is 2. The molecule has 0 radical (unpaired) electrons. The summed E-state index contributed by atoms with van der Waals surface area (Å²) in [5.74, 6) is -0.681. The number of hydrogen-bond donors (Lipinski definition) is 3. The van der Waals surface area contributed by atoms with E-state index in [2.05, 4.69) is 10.6 Å². The molecular weight excluding hydrogens is 294 g/mol. The maximum absolute atomic E-state index is 12.3. The summed E-state index contributed by atoms with van der Waals surface area (Å²) in [6.45, 7) is 6.41. The van der Waals surface area contributed by atoms with Crippen molar-refractivity contribution >= 4 is 11.8 Å². The van der Waals surface area contributed by atoms with E-state index in [1.54, 1.807) is 20.8 Å². The van der Waals surface area contributed by atoms with Crippen LogP contribution in [0.15, 0.2) is 30.3 Å². The highest BCUT2D eigenvalue weighted by atomic mass is 16.5. The molecule has 0 saturated carbocycles. The van der Waals surface area contributed by atoms with Crippen LogP contribution in [-0.2, 0) is 20.9 Å². The molecule has 0 heterocycles. The van der Waals surface area contributed by atoms with Crippen molar-refractivity contribution in [3.63, 3.8) is 0 Å². The standard InChI is InChI=1S/C17H27N3O3/c1-12(2)16(21)20-15(17(22)19-10-9-18)13(3)23-11-14-7-5-4-6-8-14/h4-8,12-13,15H,9-11,18H2,1-3H3,(H,19,22)(H,20,21). The van der Waals surface area contributed by atoms with Gasteiger partial charge in [-0.2, -0.15) is 0 Å². The second-order valence-electron chi connectivity index (χ2n) is 5.72. The van der Waals surface area contributed by atoms with Crippen LogP contribution in [0.25, 0.3) is 0 Å². The SMILES string of the molecule is CC(C)C(=O)NC(C(=O)NCCN)C(C)OCc1ccccc1. The minimum absolute atomic E-state index is 0.187. The lowest BCUT2D eigenvalue weighted by atomic mass is 10.1. The average molecular weight is 321 g/mol. The zero-order valence-electron chi connectivity index (χ0n) is 14.0. The minimum Gasteiger partial charge on any atom is -0.371 e. The lowest BCUT2D eigenvalue weighted by Crippen LogP contribution is -2.54. The molecule has 1 rings (SSSR count). The number of ether oxygens (including phenoxy) is 1. The topological polar surface area (TPSA) is 93.5 Å². The largest absolute Gasteiger partial charge is 0.371 e. The van der Waals surface area contributed by atoms with Crippen molar-refractivity contribution < 1.29 is 14.3 Å². The van der Waals surface area contributed by atoms with Gasteiger partial charge in [-0.05, 0) is 12.5 Å². The van der Waals surface area contributed by atoms with E-state index in [0.717, 1.165) is 5.56 Å². The maximum Gasteiger partial charge on any atom is 0.245 e. The van der Waals surface area contributed by atoms with E-state index in [1.807, 2.05) is 30.3 Å². The van der Waals surface area contributed by atoms with E-state index < -0.39 is 12.1 Å². The zero-order valence-corrected chi connectivity index (χ0v) is 14.0. The van der Waals surface area contributed by atoms with Crippen molar-refractivity contribution in [1.82, 2.24) is 10.6 Å². The van der Waals surface area contributed by atoms with Crippen LogP contribution in [0.3, 0.4) is 0 Å². The Morgan fingerprint density at radius 1 is 1.13 bits per heavy atom. The summed E-state index contributed by atoms with van der Waals surface area (Å²) in [4.78, 5) is 24.2. The molecule has 0 aliphatic heterocycles. The first kappa shape index (κ1) is 19.1. The summed E-state index contributed by atoms with van der Waals surface area (Å²) in [7, 11) is 0. The van der Waals surface area contributed by atoms with Crippen molar-refractivity contribution in [2.75, 3.05) is 13.1 Å². The molecule has 0 aliphatic rings. The molecule has 0 spiro atoms. The van der Waals surface area contributed by atoms with Gasteiger partial charge in [-0.3, -0.25) is 9.59 Å². The Hall–Kier alpha value is -1.92. The molecule has 6 nitrogen and oxygen atoms in total. The van der Waals surface area contributed by atoms with Crippen LogP contribution in [0.1, 0.15) is 26.3 Å². The first-order valence-corrected chi connectivity index (χ1v) is 7.89. The van der Waals surface area contributed by atoms with Crippen molar-refractivity contribution in [3.8, 4) is 0 Å². The number of benzene rings is 1. The molecule has 2 unspecified atom stereocenters. The first-order chi connectivity index (χ1) is 11.0. The third-order valence-electron chi connectivity index (χ3n) is 3.37. The lowest BCUT2D eigenvalue weighted by molar-refractivity contribution is -0.134. The van der Waals surface area contributed by atoms with Gasteiger partial charge in [0.05, 0.1) is 12.7 Å². The van der Waals surface area contributed by atoms with Gasteiger partial charge in [0.1, 0.15) is 6.04 Å². The van der Waals surface area contributed by atoms with Gasteiger partial charge in [-0.25, -0.2) is 0 Å². The number of nitrogens with two attached hydrogens (primary N) is 1. The van der Waals surface area contributed by atoms with Crippen molar-refractivity contribution in [1.29, 1.82) is 0 Å². The van der Waals surface area contributed by atoms with Crippen LogP contribution in [0.2, 0.25) is 0 Å². The van der Waals surface area contributed by atoms with Gasteiger partial charge >= 0.3 is 0 Å². The third-order valence-corrected chi connectivity index (χ3v) is 3.37. The fourth-order valence-electron chi connectivity index (χ4n) is 1.92. The number of amides is 2. The van der Waals surface area contributed by atoms with E-state index in [1.165, 1.54) is 0 Å². The fourth-order valence-corrected chi connectivity index (χ4v) is 1.92. The normalized spacial score (nSPS) is 13.4. The first-order valence-electron chi connectivity index (χ1n) is 7.89. The summed E-state index contributed by atoms with van der Waals surface area (Å²) in [6.07, 6.45) is -0.462. The Kier molecular flexibility index (Phi) is 8.29. The Labute approximate surface area is 137 Å². The predicted molar refractivity (Wildman–Crippen MR) is 89.5 cm³/mol. The van der Waals surface area contributed by atoms with Crippen molar-refractivity contribution in [2.45, 2.75) is 39.5 Å². The molecule has 23 heavy (non-hydrogen) atoms. The molecule has 0 aliphatic carbocycles. The highest BCUT2D eigenvalue weighted by Gasteiger charge is 2.28. The Balaban J connectivity index is 2.68. The molecular formula is C17H27N3O3. The summed E-state index contributed by atoms with van der Waals surface area (Å²) >= 11 is 0. The number of carbonyl (C=O) groups is 2. The average Bonchev–Trinajstić information content (AvgIpc) is 2.55. The summed E-state index contributed by atoms with van der Waals surface area (Å²) in [5, 5.41) is 5.44. The van der Waals surface area contributed by atoms with Crippen LogP contribution in [0.4, 0.5) is 0 Å². The Morgan fingerprint density at radius 2 is 1.78 bits per heavy atom. The molecule has 0 fully saturated rings. The molecule has 128 valence electrons. The minimum atomic E-state index is -0.750. The van der Waals surface area contributed by atoms with Crippen LogP contribution in [-0.4, -0.2) is 37.0 Å². The monoisotopic (exact) mass is 321 g/mol. The van der Waals surface area contributed by atoms with Crippen molar-refractivity contribution in [2.24, 2.45) is 11.7 Å². The highest BCUT2D eigenvalue weighted by molar-refractivity contribution is 5.88. The van der Waals surface area contributed by atoms with Gasteiger partial charge in [0, 0.05) is 19.0 Å². The third kappa shape index (κ3) is 6.80. The van der Waals surface area contributed by atoms with Gasteiger partial charge in [-0.15, -0.1) is 0 Å². The van der Waals surface area contributed by atoms with Crippen LogP contribution in [0.5, 0.6) is 0 Å². The summed E-state index contributed by atoms with van der Waals surface area (Å²) in [6, 6.07) is 8.93. The number of rotatable bonds is 9. The van der Waals surface area contributed by atoms with E-state index in [-0.39, 0.29) is 17.7 Å². The van der Waals surface area contributed by atoms with E-state index in [4.69, 9.17) is 10.5 Å². The number of carbonyl (C=O) groups excluding carboxylic acids is 2. The summed E-state index contributed by atoms with van der Waals surface area (Å²) < 4.78 is 5.77. The molecule has 2 atom stereocenters. The maximum atomic E-state index is 12.3. The van der Waals surface area contributed by atoms with Crippen LogP contribution in [0, 0.1) is 5.92 Å². The molecule has 4 N–H and O–H groups in total. The fraction of sp³-hybridized carbons (Fsp3) is 0.529. The molecule has 2 amide bonds. The van der Waals surface area contributed by atoms with Gasteiger partial charge in [-0.1, -0.05) is 44.2 Å². The van der Waals surface area contributed by atoms with Gasteiger partial charge in [0.2, 0.25) is 11.8 Å². The zero-order chi connectivity index (χ0) is 17.2. The molecule has 1 aromatic carbocycles. The number of hydrogen-bond acceptors (Lipinski definition) is 4. The lowest BCUT2D eigenvalue weighted by Gasteiger charge is -2.25. The smallest absolute Gasteiger partial charge is 0.245 e. The van der Waals surface area contributed by atoms with Crippen LogP contribution < -0.4 is 16.4 Å². The molecule has 6 heteroatoms. The van der Waals surface area contributed by atoms with Gasteiger partial charge < -0.3 is 21.1 Å². The Morgan fingerprint density at radius 3 is 2.35 bits per heavy atom. The molecule has 0 aromatic heterocycles. The molecule has 0 saturated heterocycles. The van der Waals surface area contributed by atoms with Gasteiger partial charge in [0.25, 0.3) is 0 Å². The molecule has 0 bridgehead atoms. The predicted octanol–water partition coefficient (Wildman–Crippen LogP) is 0.807. The van der Waals surface area contributed by atoms with Gasteiger partial charge in [0.15, 0.2) is 0 Å². The molecule has 1 aromatic rings. The van der Waals surface area contributed by atoms with E-state index in [0.29, 0.717) is 19.7 Å². The summed E-state index contributed by atoms with van der Waals surface area (Å²) in [5.41, 5.74) is 6.41.